The van der Waals surface area contributed by atoms with Crippen LogP contribution in [0.1, 0.15) is 9.67 Å². The lowest BCUT2D eigenvalue weighted by Crippen LogP contribution is -2.37. The first-order valence-electron chi connectivity index (χ1n) is 4.72. The molecule has 1 heterocycles. The van der Waals surface area contributed by atoms with Crippen LogP contribution in [0.3, 0.4) is 0 Å². The largest absolute Gasteiger partial charge is 0.397 e. The second-order valence-corrected chi connectivity index (χ2v) is 4.57. The second-order valence-electron chi connectivity index (χ2n) is 3.65. The number of nitrogen functional groups attached to an aromatic ring is 1. The molecular weight excluding hydrogens is 226 g/mol. The topological polar surface area (TPSA) is 66.6 Å². The minimum Gasteiger partial charge on any atom is -0.397 e. The van der Waals surface area contributed by atoms with Crippen LogP contribution in [0, 0.1) is 0 Å². The molecule has 0 saturated carbocycles. The molecule has 0 aromatic carbocycles. The Hall–Kier alpha value is -1.56. The smallest absolute Gasteiger partial charge is 0.266 e. The Morgan fingerprint density at radius 3 is 2.44 bits per heavy atom. The van der Waals surface area contributed by atoms with Gasteiger partial charge in [0.2, 0.25) is 5.91 Å². The number of likely N-dealkylation sites (N-methyl/N-ethyl adjacent to an activating group) is 2. The van der Waals surface area contributed by atoms with Gasteiger partial charge in [-0.05, 0) is 11.4 Å². The van der Waals surface area contributed by atoms with Crippen LogP contribution >= 0.6 is 11.3 Å². The lowest BCUT2D eigenvalue weighted by atomic mass is 10.3. The lowest BCUT2D eigenvalue weighted by molar-refractivity contribution is -0.129. The van der Waals surface area contributed by atoms with Gasteiger partial charge >= 0.3 is 0 Å². The summed E-state index contributed by atoms with van der Waals surface area (Å²) in [5.41, 5.74) is 6.09. The standard InChI is InChI=1S/C10H15N3O2S/c1-12(2)8(14)6-13(3)10(15)9-7(11)4-5-16-9/h4-5H,6,11H2,1-3H3. The average molecular weight is 241 g/mol. The number of thiophene rings is 1. The van der Waals surface area contributed by atoms with E-state index < -0.39 is 0 Å². The molecule has 0 unspecified atom stereocenters. The minimum atomic E-state index is -0.220. The highest BCUT2D eigenvalue weighted by Crippen LogP contribution is 2.20. The van der Waals surface area contributed by atoms with Gasteiger partial charge in [0, 0.05) is 21.1 Å². The number of hydrogen-bond donors (Lipinski definition) is 1. The van der Waals surface area contributed by atoms with Crippen molar-refractivity contribution in [2.75, 3.05) is 33.4 Å². The first-order valence-corrected chi connectivity index (χ1v) is 5.60. The highest BCUT2D eigenvalue weighted by atomic mass is 32.1. The predicted octanol–water partition coefficient (Wildman–Crippen LogP) is 0.491. The zero-order chi connectivity index (χ0) is 12.3. The van der Waals surface area contributed by atoms with Gasteiger partial charge in [0.1, 0.15) is 4.88 Å². The summed E-state index contributed by atoms with van der Waals surface area (Å²) in [5, 5.41) is 1.75. The van der Waals surface area contributed by atoms with Crippen LogP contribution in [0.25, 0.3) is 0 Å². The maximum atomic E-state index is 11.9. The quantitative estimate of drug-likeness (QED) is 0.837. The van der Waals surface area contributed by atoms with Crippen molar-refractivity contribution in [2.24, 2.45) is 0 Å². The molecule has 2 N–H and O–H groups in total. The summed E-state index contributed by atoms with van der Waals surface area (Å²) in [6.07, 6.45) is 0. The summed E-state index contributed by atoms with van der Waals surface area (Å²) in [6.45, 7) is 0.0587. The Labute approximate surface area is 98.4 Å². The first kappa shape index (κ1) is 12.5. The minimum absolute atomic E-state index is 0.0587. The van der Waals surface area contributed by atoms with Gasteiger partial charge in [-0.25, -0.2) is 0 Å². The molecule has 6 heteroatoms. The summed E-state index contributed by atoms with van der Waals surface area (Å²) in [5.74, 6) is -0.339. The van der Waals surface area contributed by atoms with Crippen molar-refractivity contribution >= 4 is 28.8 Å². The Kier molecular flexibility index (Phi) is 3.89. The predicted molar refractivity (Wildman–Crippen MR) is 64.4 cm³/mol. The van der Waals surface area contributed by atoms with E-state index in [0.29, 0.717) is 10.6 Å². The van der Waals surface area contributed by atoms with E-state index in [9.17, 15) is 9.59 Å². The summed E-state index contributed by atoms with van der Waals surface area (Å²) in [7, 11) is 4.89. The normalized spacial score (nSPS) is 9.94. The molecule has 1 rings (SSSR count). The van der Waals surface area contributed by atoms with Gasteiger partial charge in [-0.1, -0.05) is 0 Å². The van der Waals surface area contributed by atoms with Crippen molar-refractivity contribution in [3.63, 3.8) is 0 Å². The van der Waals surface area contributed by atoms with Gasteiger partial charge in [-0.3, -0.25) is 9.59 Å². The van der Waals surface area contributed by atoms with Gasteiger partial charge in [0.25, 0.3) is 5.91 Å². The van der Waals surface area contributed by atoms with E-state index in [0.717, 1.165) is 0 Å². The molecule has 0 saturated heterocycles. The number of hydrogen-bond acceptors (Lipinski definition) is 4. The summed E-state index contributed by atoms with van der Waals surface area (Å²) in [6, 6.07) is 1.68. The lowest BCUT2D eigenvalue weighted by Gasteiger charge is -2.18. The maximum absolute atomic E-state index is 11.9. The van der Waals surface area contributed by atoms with E-state index in [-0.39, 0.29) is 18.4 Å². The molecule has 1 aromatic rings. The van der Waals surface area contributed by atoms with E-state index in [2.05, 4.69) is 0 Å². The molecule has 0 radical (unpaired) electrons. The third-order valence-corrected chi connectivity index (χ3v) is 3.03. The van der Waals surface area contributed by atoms with Crippen molar-refractivity contribution in [1.29, 1.82) is 0 Å². The third kappa shape index (κ3) is 2.73. The van der Waals surface area contributed by atoms with Crippen LogP contribution < -0.4 is 5.73 Å². The van der Waals surface area contributed by atoms with Crippen LogP contribution in [-0.2, 0) is 4.79 Å². The molecular formula is C10H15N3O2S. The summed E-state index contributed by atoms with van der Waals surface area (Å²) >= 11 is 1.28. The number of rotatable bonds is 3. The Morgan fingerprint density at radius 1 is 1.38 bits per heavy atom. The second kappa shape index (κ2) is 4.98. The Bertz CT molecular complexity index is 401. The number of amides is 2. The maximum Gasteiger partial charge on any atom is 0.266 e. The van der Waals surface area contributed by atoms with Gasteiger partial charge in [0.15, 0.2) is 0 Å². The zero-order valence-corrected chi connectivity index (χ0v) is 10.4. The van der Waals surface area contributed by atoms with Crippen molar-refractivity contribution in [3.8, 4) is 0 Å². The number of anilines is 1. The number of carbonyl (C=O) groups excluding carboxylic acids is 2. The van der Waals surface area contributed by atoms with Crippen LogP contribution in [-0.4, -0.2) is 49.3 Å². The highest BCUT2D eigenvalue weighted by molar-refractivity contribution is 7.12. The van der Waals surface area contributed by atoms with Crippen molar-refractivity contribution in [2.45, 2.75) is 0 Å². The van der Waals surface area contributed by atoms with Crippen LogP contribution in [0.15, 0.2) is 11.4 Å². The van der Waals surface area contributed by atoms with Crippen molar-refractivity contribution < 1.29 is 9.59 Å². The van der Waals surface area contributed by atoms with Gasteiger partial charge < -0.3 is 15.5 Å². The molecule has 5 nitrogen and oxygen atoms in total. The Balaban J connectivity index is 2.69. The molecule has 16 heavy (non-hydrogen) atoms. The average Bonchev–Trinajstić information content (AvgIpc) is 2.62. The molecule has 0 aliphatic carbocycles. The Morgan fingerprint density at radius 2 is 2.00 bits per heavy atom. The van der Waals surface area contributed by atoms with Crippen LogP contribution in [0.5, 0.6) is 0 Å². The number of nitrogens with zero attached hydrogens (tertiary/aromatic N) is 2. The molecule has 0 aliphatic rings. The summed E-state index contributed by atoms with van der Waals surface area (Å²) < 4.78 is 0. The molecule has 0 bridgehead atoms. The third-order valence-electron chi connectivity index (χ3n) is 2.11. The fourth-order valence-corrected chi connectivity index (χ4v) is 1.89. The zero-order valence-electron chi connectivity index (χ0n) is 9.56. The van der Waals surface area contributed by atoms with Gasteiger partial charge in [0.05, 0.1) is 12.2 Å². The number of nitrogens with two attached hydrogens (primary N) is 1. The van der Waals surface area contributed by atoms with E-state index in [1.807, 2.05) is 0 Å². The van der Waals surface area contributed by atoms with E-state index in [1.54, 1.807) is 32.6 Å². The van der Waals surface area contributed by atoms with E-state index in [4.69, 9.17) is 5.73 Å². The van der Waals surface area contributed by atoms with Crippen LogP contribution in [0.4, 0.5) is 5.69 Å². The summed E-state index contributed by atoms with van der Waals surface area (Å²) in [4.78, 5) is 26.6. The molecule has 88 valence electrons. The van der Waals surface area contributed by atoms with Crippen molar-refractivity contribution in [1.82, 2.24) is 9.80 Å². The molecule has 2 amide bonds. The SMILES string of the molecule is CN(C)C(=O)CN(C)C(=O)c1sccc1N. The molecule has 0 aliphatic heterocycles. The van der Waals surface area contributed by atoms with E-state index in [1.165, 1.54) is 21.1 Å². The fourth-order valence-electron chi connectivity index (χ4n) is 1.08. The van der Waals surface area contributed by atoms with Crippen molar-refractivity contribution in [3.05, 3.63) is 16.3 Å². The monoisotopic (exact) mass is 241 g/mol. The molecule has 0 fully saturated rings. The van der Waals surface area contributed by atoms with Crippen LogP contribution in [0.2, 0.25) is 0 Å². The van der Waals surface area contributed by atoms with Gasteiger partial charge in [-0.2, -0.15) is 0 Å². The molecule has 0 spiro atoms. The number of carbonyl (C=O) groups is 2. The highest BCUT2D eigenvalue weighted by Gasteiger charge is 2.18. The van der Waals surface area contributed by atoms with Gasteiger partial charge in [-0.15, -0.1) is 11.3 Å². The van der Waals surface area contributed by atoms with E-state index >= 15 is 0 Å². The molecule has 0 atom stereocenters. The first-order chi connectivity index (χ1) is 7.43. The molecule has 1 aromatic heterocycles. The fraction of sp³-hybridized carbons (Fsp3) is 0.400.